The van der Waals surface area contributed by atoms with Crippen molar-refractivity contribution in [1.82, 2.24) is 20.0 Å². The molecule has 6 heteroatoms. The number of fused-ring (bicyclic) bond motifs is 1. The summed E-state index contributed by atoms with van der Waals surface area (Å²) < 4.78 is 1.81. The second-order valence-corrected chi connectivity index (χ2v) is 4.98. The lowest BCUT2D eigenvalue weighted by Crippen LogP contribution is -2.40. The first-order chi connectivity index (χ1) is 9.74. The van der Waals surface area contributed by atoms with Crippen LogP contribution in [0.3, 0.4) is 0 Å². The normalized spacial score (nSPS) is 16.2. The zero-order valence-electron chi connectivity index (χ0n) is 11.0. The maximum atomic E-state index is 12.1. The van der Waals surface area contributed by atoms with Gasteiger partial charge in [-0.3, -0.25) is 14.9 Å². The van der Waals surface area contributed by atoms with Crippen LogP contribution >= 0.6 is 0 Å². The summed E-state index contributed by atoms with van der Waals surface area (Å²) in [6.07, 6.45) is 6.65. The predicted octanol–water partition coefficient (Wildman–Crippen LogP) is 0.590. The van der Waals surface area contributed by atoms with Crippen LogP contribution in [0.25, 0.3) is 5.52 Å². The van der Waals surface area contributed by atoms with E-state index >= 15 is 0 Å². The monoisotopic (exact) mass is 272 g/mol. The van der Waals surface area contributed by atoms with Gasteiger partial charge in [0.1, 0.15) is 0 Å². The van der Waals surface area contributed by atoms with E-state index in [2.05, 4.69) is 15.6 Å². The number of aromatic nitrogens is 2. The van der Waals surface area contributed by atoms with Gasteiger partial charge in [0.05, 0.1) is 18.0 Å². The highest BCUT2D eigenvalue weighted by Gasteiger charge is 2.22. The molecule has 1 aliphatic heterocycles. The minimum Gasteiger partial charge on any atom is -0.317 e. The molecule has 0 spiro atoms. The Balaban J connectivity index is 1.70. The van der Waals surface area contributed by atoms with Crippen molar-refractivity contribution in [3.8, 4) is 0 Å². The van der Waals surface area contributed by atoms with Crippen molar-refractivity contribution in [1.29, 1.82) is 0 Å². The molecule has 0 saturated carbocycles. The molecule has 2 aromatic rings. The van der Waals surface area contributed by atoms with Crippen LogP contribution in [0.2, 0.25) is 0 Å². The van der Waals surface area contributed by atoms with Crippen LogP contribution in [0.5, 0.6) is 0 Å². The average molecular weight is 272 g/mol. The molecular weight excluding hydrogens is 256 g/mol. The lowest BCUT2D eigenvalue weighted by atomic mass is 9.97. The van der Waals surface area contributed by atoms with E-state index in [1.807, 2.05) is 4.40 Å². The summed E-state index contributed by atoms with van der Waals surface area (Å²) in [5.41, 5.74) is 1.30. The summed E-state index contributed by atoms with van der Waals surface area (Å²) >= 11 is 0. The molecule has 0 aromatic carbocycles. The minimum atomic E-state index is -0.350. The van der Waals surface area contributed by atoms with Gasteiger partial charge in [-0.15, -0.1) is 0 Å². The van der Waals surface area contributed by atoms with Crippen molar-refractivity contribution in [2.24, 2.45) is 5.92 Å². The topological polar surface area (TPSA) is 75.5 Å². The predicted molar refractivity (Wildman–Crippen MR) is 73.3 cm³/mol. The van der Waals surface area contributed by atoms with E-state index in [1.165, 1.54) is 0 Å². The molecule has 1 fully saturated rings. The molecule has 0 aliphatic carbocycles. The van der Waals surface area contributed by atoms with E-state index in [-0.39, 0.29) is 17.7 Å². The summed E-state index contributed by atoms with van der Waals surface area (Å²) in [5.74, 6) is -0.596. The number of rotatable bonds is 2. The highest BCUT2D eigenvalue weighted by molar-refractivity contribution is 6.05. The summed E-state index contributed by atoms with van der Waals surface area (Å²) in [7, 11) is 0. The van der Waals surface area contributed by atoms with Gasteiger partial charge in [0.15, 0.2) is 0 Å². The molecule has 2 N–H and O–H groups in total. The summed E-state index contributed by atoms with van der Waals surface area (Å²) in [5, 5.41) is 5.68. The minimum absolute atomic E-state index is 0.0705. The molecule has 2 amide bonds. The third-order valence-corrected chi connectivity index (χ3v) is 3.62. The number of imide groups is 1. The van der Waals surface area contributed by atoms with E-state index in [4.69, 9.17) is 0 Å². The van der Waals surface area contributed by atoms with Crippen molar-refractivity contribution < 1.29 is 9.59 Å². The smallest absolute Gasteiger partial charge is 0.257 e. The Kier molecular flexibility index (Phi) is 3.47. The Labute approximate surface area is 116 Å². The van der Waals surface area contributed by atoms with E-state index in [0.717, 1.165) is 31.4 Å². The Bertz CT molecular complexity index is 643. The third-order valence-electron chi connectivity index (χ3n) is 3.62. The van der Waals surface area contributed by atoms with E-state index < -0.39 is 0 Å². The van der Waals surface area contributed by atoms with Gasteiger partial charge in [-0.05, 0) is 38.1 Å². The van der Waals surface area contributed by atoms with Gasteiger partial charge in [0.2, 0.25) is 5.91 Å². The second kappa shape index (κ2) is 5.42. The van der Waals surface area contributed by atoms with Gasteiger partial charge >= 0.3 is 0 Å². The second-order valence-electron chi connectivity index (χ2n) is 4.98. The van der Waals surface area contributed by atoms with E-state index in [9.17, 15) is 9.59 Å². The largest absolute Gasteiger partial charge is 0.317 e. The Morgan fingerprint density at radius 2 is 2.15 bits per heavy atom. The van der Waals surface area contributed by atoms with E-state index in [0.29, 0.717) is 5.56 Å². The van der Waals surface area contributed by atoms with E-state index in [1.54, 1.807) is 30.9 Å². The first-order valence-electron chi connectivity index (χ1n) is 6.71. The summed E-state index contributed by atoms with van der Waals surface area (Å²) in [6.45, 7) is 1.65. The molecular formula is C14H16N4O2. The quantitative estimate of drug-likeness (QED) is 0.785. The number of carbonyl (C=O) groups is 2. The summed E-state index contributed by atoms with van der Waals surface area (Å²) in [4.78, 5) is 28.1. The number of nitrogens with zero attached hydrogens (tertiary/aromatic N) is 2. The molecule has 1 saturated heterocycles. The highest BCUT2D eigenvalue weighted by atomic mass is 16.2. The zero-order valence-corrected chi connectivity index (χ0v) is 11.0. The number of carbonyl (C=O) groups excluding carboxylic acids is 2. The van der Waals surface area contributed by atoms with Crippen molar-refractivity contribution in [3.05, 3.63) is 36.4 Å². The Morgan fingerprint density at radius 3 is 2.95 bits per heavy atom. The van der Waals surface area contributed by atoms with Gasteiger partial charge in [-0.1, -0.05) is 0 Å². The summed E-state index contributed by atoms with van der Waals surface area (Å²) in [6, 6.07) is 3.40. The van der Waals surface area contributed by atoms with Crippen molar-refractivity contribution in [3.63, 3.8) is 0 Å². The molecule has 1 aliphatic rings. The molecule has 3 heterocycles. The number of imidazole rings is 1. The number of amides is 2. The molecule has 104 valence electrons. The van der Waals surface area contributed by atoms with Crippen LogP contribution in [0.4, 0.5) is 0 Å². The van der Waals surface area contributed by atoms with Gasteiger partial charge < -0.3 is 9.72 Å². The SMILES string of the molecule is O=C(NC(=O)C1CCNCC1)c1ccn2cncc2c1. The van der Waals surface area contributed by atoms with Crippen LogP contribution in [-0.4, -0.2) is 34.3 Å². The third kappa shape index (κ3) is 2.55. The number of piperidine rings is 1. The van der Waals surface area contributed by atoms with Gasteiger partial charge in [0, 0.05) is 17.7 Å². The van der Waals surface area contributed by atoms with Crippen LogP contribution < -0.4 is 10.6 Å². The van der Waals surface area contributed by atoms with Crippen molar-refractivity contribution in [2.75, 3.05) is 13.1 Å². The fourth-order valence-corrected chi connectivity index (χ4v) is 2.43. The standard InChI is InChI=1S/C14H16N4O2/c19-13(10-1-4-15-5-2-10)17-14(20)11-3-6-18-9-16-8-12(18)7-11/h3,6-10,15H,1-2,4-5H2,(H,17,19,20). The molecule has 6 nitrogen and oxygen atoms in total. The molecule has 2 aromatic heterocycles. The maximum absolute atomic E-state index is 12.1. The molecule has 0 radical (unpaired) electrons. The van der Waals surface area contributed by atoms with Gasteiger partial charge in [-0.25, -0.2) is 4.98 Å². The molecule has 0 atom stereocenters. The fourth-order valence-electron chi connectivity index (χ4n) is 2.43. The first-order valence-corrected chi connectivity index (χ1v) is 6.71. The highest BCUT2D eigenvalue weighted by Crippen LogP contribution is 2.12. The lowest BCUT2D eigenvalue weighted by Gasteiger charge is -2.21. The Morgan fingerprint density at radius 1 is 1.35 bits per heavy atom. The Hall–Kier alpha value is -2.21. The maximum Gasteiger partial charge on any atom is 0.257 e. The zero-order chi connectivity index (χ0) is 13.9. The number of pyridine rings is 1. The number of nitrogens with one attached hydrogen (secondary N) is 2. The van der Waals surface area contributed by atoms with Crippen LogP contribution in [-0.2, 0) is 4.79 Å². The lowest BCUT2D eigenvalue weighted by molar-refractivity contribution is -0.124. The van der Waals surface area contributed by atoms with Gasteiger partial charge in [0.25, 0.3) is 5.91 Å². The first kappa shape index (κ1) is 12.8. The fraction of sp³-hybridized carbons (Fsp3) is 0.357. The van der Waals surface area contributed by atoms with Gasteiger partial charge in [-0.2, -0.15) is 0 Å². The molecule has 20 heavy (non-hydrogen) atoms. The molecule has 0 unspecified atom stereocenters. The van der Waals surface area contributed by atoms with Crippen LogP contribution in [0, 0.1) is 5.92 Å². The molecule has 0 bridgehead atoms. The number of hydrogen-bond donors (Lipinski definition) is 2. The van der Waals surface area contributed by atoms with Crippen molar-refractivity contribution >= 4 is 17.3 Å². The van der Waals surface area contributed by atoms with Crippen molar-refractivity contribution in [2.45, 2.75) is 12.8 Å². The van der Waals surface area contributed by atoms with Crippen LogP contribution in [0.15, 0.2) is 30.9 Å². The molecule has 3 rings (SSSR count). The van der Waals surface area contributed by atoms with Crippen LogP contribution in [0.1, 0.15) is 23.2 Å². The number of hydrogen-bond acceptors (Lipinski definition) is 4. The average Bonchev–Trinajstić information content (AvgIpc) is 2.95.